The van der Waals surface area contributed by atoms with Gasteiger partial charge in [-0.1, -0.05) is 193 Å². The predicted octanol–water partition coefficient (Wildman–Crippen LogP) is 19.6. The zero-order valence-electron chi connectivity index (χ0n) is 54.7. The van der Waals surface area contributed by atoms with Crippen LogP contribution in [0.1, 0.15) is 311 Å². The molecule has 0 saturated carbocycles. The van der Waals surface area contributed by atoms with Crippen LogP contribution in [-0.2, 0) is 47.7 Å². The van der Waals surface area contributed by atoms with Crippen molar-refractivity contribution in [2.75, 3.05) is 33.0 Å². The zero-order valence-corrected chi connectivity index (χ0v) is 54.7. The molecule has 1 heterocycles. The molecule has 11 nitrogen and oxygen atoms in total. The highest BCUT2D eigenvalue weighted by molar-refractivity contribution is 5.85. The van der Waals surface area contributed by atoms with Crippen molar-refractivity contribution in [3.05, 3.63) is 30.1 Å². The van der Waals surface area contributed by atoms with Gasteiger partial charge in [-0.05, 0) is 154 Å². The topological polar surface area (TPSA) is 144 Å². The van der Waals surface area contributed by atoms with Crippen molar-refractivity contribution >= 4 is 29.8 Å². The van der Waals surface area contributed by atoms with E-state index in [2.05, 4.69) is 76.2 Å². The highest BCUT2D eigenvalue weighted by atomic mass is 16.6. The molecular formula is C71H131NO10. The Balaban J connectivity index is 0. The Labute approximate surface area is 505 Å². The Morgan fingerprint density at radius 3 is 0.939 bits per heavy atom. The van der Waals surface area contributed by atoms with Crippen LogP contribution in [0.15, 0.2) is 24.4 Å². The van der Waals surface area contributed by atoms with Gasteiger partial charge in [0.25, 0.3) is 0 Å². The first-order valence-electron chi connectivity index (χ1n) is 32.7. The first-order chi connectivity index (χ1) is 37.9. The van der Waals surface area contributed by atoms with E-state index < -0.39 is 56.9 Å². The van der Waals surface area contributed by atoms with Crippen molar-refractivity contribution in [2.45, 2.75) is 305 Å². The summed E-state index contributed by atoms with van der Waals surface area (Å²) in [6.45, 7) is 35.6. The molecule has 0 radical (unpaired) electrons. The summed E-state index contributed by atoms with van der Waals surface area (Å²) in [6.07, 6.45) is 21.5. The molecule has 82 heavy (non-hydrogen) atoms. The molecule has 10 atom stereocenters. The first kappa shape index (κ1) is 80.6. The van der Waals surface area contributed by atoms with Gasteiger partial charge in [0.05, 0.1) is 60.1 Å². The summed E-state index contributed by atoms with van der Waals surface area (Å²) in [4.78, 5) is 81.3. The quantitative estimate of drug-likeness (QED) is 0.0454. The van der Waals surface area contributed by atoms with Crippen LogP contribution in [0.2, 0.25) is 0 Å². The van der Waals surface area contributed by atoms with E-state index in [1.165, 1.54) is 0 Å². The normalized spacial score (nSPS) is 16.8. The third-order valence-corrected chi connectivity index (χ3v) is 18.0. The average Bonchev–Trinajstić information content (AvgIpc) is 3.56. The monoisotopic (exact) mass is 1160 g/mol. The van der Waals surface area contributed by atoms with Crippen molar-refractivity contribution in [1.82, 2.24) is 4.98 Å². The van der Waals surface area contributed by atoms with Crippen LogP contribution in [0.4, 0.5) is 0 Å². The number of esters is 5. The van der Waals surface area contributed by atoms with E-state index in [4.69, 9.17) is 28.7 Å². The second-order valence-electron chi connectivity index (χ2n) is 26.5. The van der Waals surface area contributed by atoms with Gasteiger partial charge in [0.2, 0.25) is 0 Å². The Hall–Kier alpha value is -3.50. The van der Waals surface area contributed by atoms with E-state index in [1.807, 2.05) is 59.7 Å². The summed E-state index contributed by atoms with van der Waals surface area (Å²) < 4.78 is 32.0. The second kappa shape index (κ2) is 42.3. The van der Waals surface area contributed by atoms with E-state index >= 15 is 19.2 Å². The minimum Gasteiger partial charge on any atom is -0.465 e. The van der Waals surface area contributed by atoms with E-state index in [1.54, 1.807) is 6.20 Å². The molecule has 0 fully saturated rings. The third kappa shape index (κ3) is 28.1. The van der Waals surface area contributed by atoms with Crippen molar-refractivity contribution < 1.29 is 47.7 Å². The van der Waals surface area contributed by atoms with Crippen LogP contribution >= 0.6 is 0 Å². The van der Waals surface area contributed by atoms with Crippen LogP contribution in [0, 0.1) is 56.7 Å². The van der Waals surface area contributed by atoms with Gasteiger partial charge in [-0.2, -0.15) is 0 Å². The van der Waals surface area contributed by atoms with Gasteiger partial charge in [-0.25, -0.2) is 0 Å². The fourth-order valence-corrected chi connectivity index (χ4v) is 12.4. The number of carbonyl (C=O) groups is 5. The summed E-state index contributed by atoms with van der Waals surface area (Å²) in [5, 5.41) is 0. The van der Waals surface area contributed by atoms with Gasteiger partial charge >= 0.3 is 29.8 Å². The highest BCUT2D eigenvalue weighted by Gasteiger charge is 2.56. The summed E-state index contributed by atoms with van der Waals surface area (Å²) >= 11 is 0. The molecule has 1 aromatic heterocycles. The molecule has 0 aliphatic rings. The van der Waals surface area contributed by atoms with E-state index in [0.717, 1.165) is 134 Å². The van der Waals surface area contributed by atoms with Crippen LogP contribution in [0.3, 0.4) is 0 Å². The molecule has 0 aromatic carbocycles. The molecule has 0 amide bonds. The maximum Gasteiger partial charge on any atom is 0.311 e. The van der Waals surface area contributed by atoms with E-state index in [9.17, 15) is 4.79 Å². The van der Waals surface area contributed by atoms with Crippen molar-refractivity contribution in [3.8, 4) is 0 Å². The van der Waals surface area contributed by atoms with E-state index in [-0.39, 0.29) is 109 Å². The lowest BCUT2D eigenvalue weighted by Gasteiger charge is -2.45. The highest BCUT2D eigenvalue weighted by Crippen LogP contribution is 2.53. The number of unbranched alkanes of at least 4 members (excludes halogenated alkanes) is 5. The van der Waals surface area contributed by atoms with Gasteiger partial charge in [-0.15, -0.1) is 0 Å². The molecule has 480 valence electrons. The third-order valence-electron chi connectivity index (χ3n) is 18.0. The number of aromatic nitrogens is 1. The number of hydrogen-bond acceptors (Lipinski definition) is 11. The summed E-state index contributed by atoms with van der Waals surface area (Å²) in [7, 11) is 0. The molecule has 11 heteroatoms. The number of rotatable bonds is 47. The number of nitrogens with zero attached hydrogens (tertiary/aromatic N) is 1. The Morgan fingerprint density at radius 1 is 0.390 bits per heavy atom. The number of carbonyl (C=O) groups excluding carboxylic acids is 5. The van der Waals surface area contributed by atoms with E-state index in [0.29, 0.717) is 12.8 Å². The van der Waals surface area contributed by atoms with Crippen LogP contribution in [-0.4, -0.2) is 67.9 Å². The smallest absolute Gasteiger partial charge is 0.311 e. The molecule has 0 aliphatic heterocycles. The lowest BCUT2D eigenvalue weighted by Crippen LogP contribution is -2.49. The van der Waals surface area contributed by atoms with Gasteiger partial charge in [0.15, 0.2) is 0 Å². The molecule has 1 aromatic rings. The predicted molar refractivity (Wildman–Crippen MR) is 341 cm³/mol. The molecule has 0 N–H and O–H groups in total. The van der Waals surface area contributed by atoms with Crippen LogP contribution in [0.25, 0.3) is 0 Å². The van der Waals surface area contributed by atoms with Crippen molar-refractivity contribution in [1.29, 1.82) is 0 Å². The largest absolute Gasteiger partial charge is 0.465 e. The number of ether oxygens (including phenoxy) is 5. The molecule has 0 bridgehead atoms. The molecular weight excluding hydrogens is 1030 g/mol. The first-order valence-corrected chi connectivity index (χ1v) is 32.7. The summed E-state index contributed by atoms with van der Waals surface area (Å²) in [5.74, 6) is -1.77. The standard InChI is InChI=1S/C69H123NO10.2CH4/c1-18-29-36-53(23-6)44-76-60(71)65(12,13)49-67(15,62(73)78-46-55(25-8)38-31-20-3)51-69(17,64(75)80-48-57(27-10)40-33-22-5)52-68(16,63(74)79-47-56(26-9)39-32-21-4)50-66(14,43-58(28-11)59-41-34-35-42-70-59)61(72)77-45-54(24-7)37-30-19-2;;/h34-35,41-42,53-58H,18-33,36-40,43-52H2,1-17H3;2*1H4. The van der Waals surface area contributed by atoms with Gasteiger partial charge in [-0.3, -0.25) is 29.0 Å². The zero-order chi connectivity index (χ0) is 60.4. The fourth-order valence-electron chi connectivity index (χ4n) is 12.4. The minimum atomic E-state index is -1.56. The lowest BCUT2D eigenvalue weighted by atomic mass is 9.59. The van der Waals surface area contributed by atoms with Crippen LogP contribution in [0.5, 0.6) is 0 Å². The van der Waals surface area contributed by atoms with Gasteiger partial charge in [0, 0.05) is 17.8 Å². The van der Waals surface area contributed by atoms with Crippen molar-refractivity contribution in [3.63, 3.8) is 0 Å². The maximum atomic E-state index is 15.7. The fraction of sp³-hybridized carbons (Fsp3) is 0.859. The van der Waals surface area contributed by atoms with Crippen molar-refractivity contribution in [2.24, 2.45) is 56.7 Å². The minimum absolute atomic E-state index is 0. The Kier molecular flexibility index (Phi) is 41.6. The lowest BCUT2D eigenvalue weighted by molar-refractivity contribution is -0.176. The molecule has 0 spiro atoms. The molecule has 10 unspecified atom stereocenters. The Morgan fingerprint density at radius 2 is 0.671 bits per heavy atom. The number of hydrogen-bond donors (Lipinski definition) is 0. The van der Waals surface area contributed by atoms with Gasteiger partial charge in [0.1, 0.15) is 0 Å². The Bertz CT molecular complexity index is 1870. The summed E-state index contributed by atoms with van der Waals surface area (Å²) in [5.41, 5.74) is -6.13. The summed E-state index contributed by atoms with van der Waals surface area (Å²) in [6, 6.07) is 5.83. The molecule has 0 aliphatic carbocycles. The molecule has 0 saturated heterocycles. The number of pyridine rings is 1. The average molecular weight is 1160 g/mol. The van der Waals surface area contributed by atoms with Crippen LogP contribution < -0.4 is 0 Å². The maximum absolute atomic E-state index is 15.7. The molecule has 1 rings (SSSR count). The second-order valence-corrected chi connectivity index (χ2v) is 26.5. The SMILES string of the molecule is C.C.CCCCC(CC)COC(=O)C(C)(C)CC(C)(CC(C)(CC(C)(CC(C)(CC(CC)c1ccccn1)C(=O)OCC(CC)CCCC)C(=O)OCC(CC)CCCC)C(=O)OCC(CC)CCCC)C(=O)OCC(CC)CCCC. The van der Waals surface area contributed by atoms with Gasteiger partial charge < -0.3 is 23.7 Å².